The lowest BCUT2D eigenvalue weighted by atomic mass is 10.0. The molecule has 0 aromatic rings. The highest BCUT2D eigenvalue weighted by molar-refractivity contribution is 7.47. The van der Waals surface area contributed by atoms with Crippen LogP contribution in [0, 0.1) is 0 Å². The summed E-state index contributed by atoms with van der Waals surface area (Å²) in [7, 11) is -4.53. The van der Waals surface area contributed by atoms with Crippen molar-refractivity contribution in [3.63, 3.8) is 0 Å². The van der Waals surface area contributed by atoms with Gasteiger partial charge < -0.3 is 24.6 Å². The number of aliphatic hydroxyl groups is 2. The fourth-order valence-electron chi connectivity index (χ4n) is 6.16. The maximum atomic E-state index is 12.6. The maximum Gasteiger partial charge on any atom is 0.472 e. The summed E-state index contributed by atoms with van der Waals surface area (Å²) in [6, 6.07) is 0. The van der Waals surface area contributed by atoms with Crippen LogP contribution >= 0.6 is 7.82 Å². The van der Waals surface area contributed by atoms with Crippen LogP contribution < -0.4 is 0 Å². The number of unbranched alkanes of at least 4 members (excludes halogenated alkanes) is 20. The van der Waals surface area contributed by atoms with E-state index in [1.54, 1.807) is 0 Å². The smallest absolute Gasteiger partial charge is 0.457 e. The third kappa shape index (κ3) is 43.7. The van der Waals surface area contributed by atoms with Gasteiger partial charge >= 0.3 is 13.8 Å². The average Bonchev–Trinajstić information content (AvgIpc) is 3.21. The van der Waals surface area contributed by atoms with Gasteiger partial charge in [-0.15, -0.1) is 0 Å². The quantitative estimate of drug-likeness (QED) is 0.0237. The van der Waals surface area contributed by atoms with Gasteiger partial charge in [-0.3, -0.25) is 13.8 Å². The van der Waals surface area contributed by atoms with Crippen molar-refractivity contribution in [3.05, 3.63) is 60.8 Å². The summed E-state index contributed by atoms with van der Waals surface area (Å²) >= 11 is 0. The van der Waals surface area contributed by atoms with Gasteiger partial charge in [-0.2, -0.15) is 0 Å². The van der Waals surface area contributed by atoms with E-state index in [4.69, 9.17) is 23.6 Å². The first-order valence-electron chi connectivity index (χ1n) is 23.3. The molecular weight excluding hydrogens is 751 g/mol. The Balaban J connectivity index is 4.08. The molecule has 3 unspecified atom stereocenters. The van der Waals surface area contributed by atoms with Gasteiger partial charge in [-0.05, 0) is 77.0 Å². The molecule has 338 valence electrons. The standard InChI is InChI=1S/C48H87O9P/c1-3-5-7-9-11-13-15-17-18-19-20-21-22-23-24-25-26-27-29-31-33-35-37-39-41-54-44-47(45-56-58(52,53)55-43-46(50)42-49)57-48(51)40-38-36-34-32-30-28-16-14-12-10-8-6-4-2/h6,8,12,14-15,17,19-20,28,30,46-47,49-50H,3-5,7,9-11,13,16,18,21-27,29,31-45H2,1-2H3,(H,52,53)/b8-6-,14-12-,17-15-,20-19-,30-28-. The summed E-state index contributed by atoms with van der Waals surface area (Å²) in [6.07, 6.45) is 51.9. The van der Waals surface area contributed by atoms with E-state index in [1.807, 2.05) is 0 Å². The molecule has 0 bridgehead atoms. The van der Waals surface area contributed by atoms with Gasteiger partial charge in [-0.25, -0.2) is 4.57 Å². The van der Waals surface area contributed by atoms with Gasteiger partial charge in [0.15, 0.2) is 0 Å². The largest absolute Gasteiger partial charge is 0.472 e. The van der Waals surface area contributed by atoms with Crippen LogP contribution in [-0.4, -0.2) is 66.3 Å². The molecule has 0 spiro atoms. The first-order valence-corrected chi connectivity index (χ1v) is 24.8. The number of rotatable bonds is 44. The lowest BCUT2D eigenvalue weighted by Crippen LogP contribution is -2.29. The van der Waals surface area contributed by atoms with Gasteiger partial charge in [0.2, 0.25) is 0 Å². The third-order valence-electron chi connectivity index (χ3n) is 9.69. The first kappa shape index (κ1) is 56.2. The number of ether oxygens (including phenoxy) is 2. The molecule has 10 heteroatoms. The van der Waals surface area contributed by atoms with Crippen molar-refractivity contribution in [2.45, 2.75) is 206 Å². The van der Waals surface area contributed by atoms with Crippen LogP contribution in [0.15, 0.2) is 60.8 Å². The van der Waals surface area contributed by atoms with Gasteiger partial charge in [0.05, 0.1) is 26.4 Å². The van der Waals surface area contributed by atoms with Crippen LogP contribution in [0.4, 0.5) is 0 Å². The van der Waals surface area contributed by atoms with Crippen LogP contribution in [-0.2, 0) is 27.9 Å². The SMILES string of the molecule is CC/C=C\C/C=C\C/C=C\CCCCCC(=O)OC(COCCCCCCCCCCCCCC/C=C\C/C=C\CCCCCCC)COP(=O)(O)OCC(O)CO. The molecule has 0 saturated carbocycles. The molecule has 0 fully saturated rings. The van der Waals surface area contributed by atoms with Gasteiger partial charge in [0, 0.05) is 13.0 Å². The number of esters is 1. The molecule has 0 heterocycles. The van der Waals surface area contributed by atoms with Crippen LogP contribution in [0.2, 0.25) is 0 Å². The molecule has 0 rings (SSSR count). The van der Waals surface area contributed by atoms with Crippen molar-refractivity contribution in [1.82, 2.24) is 0 Å². The van der Waals surface area contributed by atoms with E-state index >= 15 is 0 Å². The number of allylic oxidation sites excluding steroid dienone is 10. The van der Waals surface area contributed by atoms with Crippen molar-refractivity contribution < 1.29 is 43.0 Å². The topological polar surface area (TPSA) is 132 Å². The van der Waals surface area contributed by atoms with Crippen LogP contribution in [0.5, 0.6) is 0 Å². The Labute approximate surface area is 355 Å². The van der Waals surface area contributed by atoms with E-state index in [1.165, 1.54) is 103 Å². The van der Waals surface area contributed by atoms with E-state index in [0.29, 0.717) is 13.0 Å². The molecular formula is C48H87O9P. The van der Waals surface area contributed by atoms with Gasteiger partial charge in [-0.1, -0.05) is 171 Å². The number of aliphatic hydroxyl groups excluding tert-OH is 2. The minimum absolute atomic E-state index is 0.0345. The van der Waals surface area contributed by atoms with E-state index in [9.17, 15) is 19.4 Å². The Morgan fingerprint density at radius 3 is 1.48 bits per heavy atom. The molecule has 3 N–H and O–H groups in total. The van der Waals surface area contributed by atoms with Crippen molar-refractivity contribution in [1.29, 1.82) is 0 Å². The van der Waals surface area contributed by atoms with E-state index in [2.05, 4.69) is 74.6 Å². The number of carbonyl (C=O) groups excluding carboxylic acids is 1. The van der Waals surface area contributed by atoms with Crippen LogP contribution in [0.25, 0.3) is 0 Å². The molecule has 3 atom stereocenters. The molecule has 0 amide bonds. The van der Waals surface area contributed by atoms with Gasteiger partial charge in [0.25, 0.3) is 0 Å². The normalized spacial score (nSPS) is 14.5. The zero-order valence-electron chi connectivity index (χ0n) is 37.0. The zero-order valence-corrected chi connectivity index (χ0v) is 37.9. The lowest BCUT2D eigenvalue weighted by Gasteiger charge is -2.20. The fourth-order valence-corrected chi connectivity index (χ4v) is 6.95. The zero-order chi connectivity index (χ0) is 42.5. The van der Waals surface area contributed by atoms with Crippen molar-refractivity contribution in [2.75, 3.05) is 33.0 Å². The minimum atomic E-state index is -4.53. The Morgan fingerprint density at radius 1 is 0.552 bits per heavy atom. The Kier molecular flexibility index (Phi) is 43.3. The second-order valence-electron chi connectivity index (χ2n) is 15.4. The first-order chi connectivity index (χ1) is 28.3. The monoisotopic (exact) mass is 839 g/mol. The van der Waals surface area contributed by atoms with Crippen LogP contribution in [0.3, 0.4) is 0 Å². The minimum Gasteiger partial charge on any atom is -0.457 e. The van der Waals surface area contributed by atoms with Crippen LogP contribution in [0.1, 0.15) is 194 Å². The van der Waals surface area contributed by atoms with E-state index < -0.39 is 45.8 Å². The molecule has 58 heavy (non-hydrogen) atoms. The van der Waals surface area contributed by atoms with E-state index in [0.717, 1.165) is 64.2 Å². The summed E-state index contributed by atoms with van der Waals surface area (Å²) in [4.78, 5) is 22.6. The highest BCUT2D eigenvalue weighted by Crippen LogP contribution is 2.43. The van der Waals surface area contributed by atoms with E-state index in [-0.39, 0.29) is 13.0 Å². The highest BCUT2D eigenvalue weighted by Gasteiger charge is 2.26. The number of hydrogen-bond acceptors (Lipinski definition) is 8. The van der Waals surface area contributed by atoms with Gasteiger partial charge in [0.1, 0.15) is 12.2 Å². The fraction of sp³-hybridized carbons (Fsp3) is 0.771. The summed E-state index contributed by atoms with van der Waals surface area (Å²) < 4.78 is 33.4. The Bertz CT molecular complexity index is 1090. The highest BCUT2D eigenvalue weighted by atomic mass is 31.2. The number of phosphoric ester groups is 1. The molecule has 0 aromatic heterocycles. The Hall–Kier alpha value is -1.84. The average molecular weight is 839 g/mol. The molecule has 0 aliphatic carbocycles. The maximum absolute atomic E-state index is 12.6. The predicted octanol–water partition coefficient (Wildman–Crippen LogP) is 13.1. The Morgan fingerprint density at radius 2 is 0.983 bits per heavy atom. The second-order valence-corrected chi connectivity index (χ2v) is 16.8. The third-order valence-corrected chi connectivity index (χ3v) is 10.6. The number of phosphoric acid groups is 1. The molecule has 0 aliphatic rings. The molecule has 0 saturated heterocycles. The summed E-state index contributed by atoms with van der Waals surface area (Å²) in [5, 5.41) is 18.4. The lowest BCUT2D eigenvalue weighted by molar-refractivity contribution is -0.154. The summed E-state index contributed by atoms with van der Waals surface area (Å²) in [6.45, 7) is 3.35. The van der Waals surface area contributed by atoms with Crippen molar-refractivity contribution in [3.8, 4) is 0 Å². The summed E-state index contributed by atoms with van der Waals surface area (Å²) in [5.74, 6) is -0.412. The number of hydrogen-bond donors (Lipinski definition) is 3. The predicted molar refractivity (Wildman–Crippen MR) is 242 cm³/mol. The molecule has 0 radical (unpaired) electrons. The van der Waals surface area contributed by atoms with Crippen molar-refractivity contribution >= 4 is 13.8 Å². The second kappa shape index (κ2) is 44.7. The van der Waals surface area contributed by atoms with Crippen molar-refractivity contribution in [2.24, 2.45) is 0 Å². The summed E-state index contributed by atoms with van der Waals surface area (Å²) in [5.41, 5.74) is 0. The molecule has 0 aromatic carbocycles. The molecule has 9 nitrogen and oxygen atoms in total. The number of carbonyl (C=O) groups is 1. The molecule has 0 aliphatic heterocycles.